The largest absolute Gasteiger partial charge is 0.335 e. The minimum absolute atomic E-state index is 0.00320. The van der Waals surface area contributed by atoms with Gasteiger partial charge in [0.25, 0.3) is 0 Å². The van der Waals surface area contributed by atoms with Gasteiger partial charge in [0.05, 0.1) is 17.6 Å². The van der Waals surface area contributed by atoms with Crippen molar-refractivity contribution in [2.45, 2.75) is 25.8 Å². The van der Waals surface area contributed by atoms with E-state index in [0.29, 0.717) is 6.54 Å². The highest BCUT2D eigenvalue weighted by Crippen LogP contribution is 2.35. The summed E-state index contributed by atoms with van der Waals surface area (Å²) in [6.45, 7) is 2.96. The Kier molecular flexibility index (Phi) is 4.07. The molecule has 2 amide bonds. The molecule has 1 aromatic heterocycles. The average molecular weight is 358 g/mol. The zero-order valence-electron chi connectivity index (χ0n) is 13.9. The molecule has 0 radical (unpaired) electrons. The maximum atomic E-state index is 14.0. The van der Waals surface area contributed by atoms with Gasteiger partial charge >= 0.3 is 0 Å². The van der Waals surface area contributed by atoms with E-state index in [0.717, 1.165) is 6.42 Å². The molecule has 0 aliphatic carbocycles. The van der Waals surface area contributed by atoms with Gasteiger partial charge in [-0.15, -0.1) is 11.3 Å². The molecule has 0 bridgehead atoms. The van der Waals surface area contributed by atoms with Crippen LogP contribution in [0.1, 0.15) is 29.8 Å². The van der Waals surface area contributed by atoms with Crippen molar-refractivity contribution in [3.05, 3.63) is 52.0 Å². The van der Waals surface area contributed by atoms with E-state index in [2.05, 4.69) is 11.4 Å². The lowest BCUT2D eigenvalue weighted by molar-refractivity contribution is -0.138. The first-order valence-corrected chi connectivity index (χ1v) is 9.36. The first-order chi connectivity index (χ1) is 12.1. The minimum atomic E-state index is -0.432. The molecule has 0 spiro atoms. The van der Waals surface area contributed by atoms with Crippen LogP contribution in [0.25, 0.3) is 0 Å². The van der Waals surface area contributed by atoms with Crippen molar-refractivity contribution in [2.24, 2.45) is 5.92 Å². The Labute approximate surface area is 149 Å². The van der Waals surface area contributed by atoms with Gasteiger partial charge in [0.1, 0.15) is 5.82 Å². The molecule has 2 aliphatic rings. The van der Waals surface area contributed by atoms with Crippen LogP contribution in [0.15, 0.2) is 35.7 Å². The van der Waals surface area contributed by atoms with E-state index >= 15 is 0 Å². The van der Waals surface area contributed by atoms with Crippen LogP contribution in [0.5, 0.6) is 0 Å². The summed E-state index contributed by atoms with van der Waals surface area (Å²) >= 11 is 1.73. The lowest BCUT2D eigenvalue weighted by Crippen LogP contribution is -2.42. The lowest BCUT2D eigenvalue weighted by atomic mass is 9.98. The minimum Gasteiger partial charge on any atom is -0.335 e. The Balaban J connectivity index is 1.53. The highest BCUT2D eigenvalue weighted by atomic mass is 32.1. The summed E-state index contributed by atoms with van der Waals surface area (Å²) in [4.78, 5) is 30.0. The summed E-state index contributed by atoms with van der Waals surface area (Å²) in [6.07, 6.45) is 1.01. The fourth-order valence-electron chi connectivity index (χ4n) is 3.82. The highest BCUT2D eigenvalue weighted by molar-refractivity contribution is 7.10. The van der Waals surface area contributed by atoms with Gasteiger partial charge in [-0.05, 0) is 42.5 Å². The van der Waals surface area contributed by atoms with Gasteiger partial charge < -0.3 is 9.80 Å². The molecule has 2 aromatic rings. The number of amides is 2. The first-order valence-electron chi connectivity index (χ1n) is 8.48. The monoisotopic (exact) mass is 358 g/mol. The second-order valence-corrected chi connectivity index (χ2v) is 7.61. The van der Waals surface area contributed by atoms with E-state index in [1.807, 2.05) is 11.8 Å². The molecule has 2 unspecified atom stereocenters. The predicted octanol–water partition coefficient (Wildman–Crippen LogP) is 3.39. The zero-order valence-corrected chi connectivity index (χ0v) is 14.8. The molecular formula is C19H19FN2O2S. The third kappa shape index (κ3) is 2.74. The van der Waals surface area contributed by atoms with Crippen molar-refractivity contribution in [1.82, 2.24) is 4.90 Å². The van der Waals surface area contributed by atoms with Gasteiger partial charge in [-0.2, -0.15) is 0 Å². The summed E-state index contributed by atoms with van der Waals surface area (Å²) in [5, 5.41) is 2.06. The number of hydrogen-bond acceptors (Lipinski definition) is 3. The van der Waals surface area contributed by atoms with E-state index in [4.69, 9.17) is 0 Å². The van der Waals surface area contributed by atoms with Gasteiger partial charge in [-0.25, -0.2) is 4.39 Å². The van der Waals surface area contributed by atoms with Gasteiger partial charge in [0.15, 0.2) is 0 Å². The quantitative estimate of drug-likeness (QED) is 0.826. The second-order valence-electron chi connectivity index (χ2n) is 6.61. The van der Waals surface area contributed by atoms with Crippen molar-refractivity contribution < 1.29 is 14.0 Å². The number of thiophene rings is 1. The Bertz CT molecular complexity index is 834. The third-order valence-electron chi connectivity index (χ3n) is 5.18. The van der Waals surface area contributed by atoms with Crippen LogP contribution in [0.3, 0.4) is 0 Å². The van der Waals surface area contributed by atoms with E-state index in [-0.39, 0.29) is 36.5 Å². The molecule has 4 nitrogen and oxygen atoms in total. The van der Waals surface area contributed by atoms with Gasteiger partial charge in [0.2, 0.25) is 11.8 Å². The first kappa shape index (κ1) is 16.3. The normalized spacial score (nSPS) is 23.0. The molecule has 3 heterocycles. The van der Waals surface area contributed by atoms with Gasteiger partial charge in [-0.1, -0.05) is 12.1 Å². The Morgan fingerprint density at radius 1 is 1.28 bits per heavy atom. The molecular weight excluding hydrogens is 339 g/mol. The number of carbonyl (C=O) groups is 2. The number of para-hydroxylation sites is 1. The SMILES string of the molecule is CC1c2ccsc2CCN1C(=O)C1CC(=O)N(c2ccccc2F)C1. The molecule has 2 atom stereocenters. The van der Waals surface area contributed by atoms with Crippen LogP contribution in [0.4, 0.5) is 10.1 Å². The van der Waals surface area contributed by atoms with Crippen molar-refractivity contribution in [1.29, 1.82) is 0 Å². The highest BCUT2D eigenvalue weighted by Gasteiger charge is 2.40. The molecule has 1 aromatic carbocycles. The van der Waals surface area contributed by atoms with Gasteiger partial charge in [0, 0.05) is 24.4 Å². The zero-order chi connectivity index (χ0) is 17.6. The molecule has 25 heavy (non-hydrogen) atoms. The molecule has 4 rings (SSSR count). The standard InChI is InChI=1S/C19H19FN2O2S/c1-12-14-7-9-25-17(14)6-8-21(12)19(24)13-10-18(23)22(11-13)16-5-3-2-4-15(16)20/h2-5,7,9,12-13H,6,8,10-11H2,1H3. The molecule has 0 saturated carbocycles. The summed E-state index contributed by atoms with van der Waals surface area (Å²) < 4.78 is 14.0. The van der Waals surface area contributed by atoms with Crippen molar-refractivity contribution >= 4 is 28.8 Å². The van der Waals surface area contributed by atoms with Crippen LogP contribution in [0, 0.1) is 11.7 Å². The Morgan fingerprint density at radius 2 is 2.08 bits per heavy atom. The number of hydrogen-bond donors (Lipinski definition) is 0. The number of anilines is 1. The van der Waals surface area contributed by atoms with Crippen LogP contribution < -0.4 is 4.90 Å². The fourth-order valence-corrected chi connectivity index (χ4v) is 4.78. The lowest BCUT2D eigenvalue weighted by Gasteiger charge is -2.35. The smallest absolute Gasteiger partial charge is 0.228 e. The molecule has 2 aliphatic heterocycles. The number of carbonyl (C=O) groups excluding carboxylic acids is 2. The summed E-state index contributed by atoms with van der Waals surface area (Å²) in [6, 6.07) is 8.32. The average Bonchev–Trinajstić information content (AvgIpc) is 3.22. The van der Waals surface area contributed by atoms with Crippen LogP contribution >= 0.6 is 11.3 Å². The number of nitrogens with zero attached hydrogens (tertiary/aromatic N) is 2. The van der Waals surface area contributed by atoms with Crippen molar-refractivity contribution in [2.75, 3.05) is 18.0 Å². The van der Waals surface area contributed by atoms with E-state index in [9.17, 15) is 14.0 Å². The summed E-state index contributed by atoms with van der Waals surface area (Å²) in [5.74, 6) is -1.03. The van der Waals surface area contributed by atoms with Gasteiger partial charge in [-0.3, -0.25) is 9.59 Å². The van der Waals surface area contributed by atoms with Crippen molar-refractivity contribution in [3.8, 4) is 0 Å². The Hall–Kier alpha value is -2.21. The molecule has 0 N–H and O–H groups in total. The predicted molar refractivity (Wildman–Crippen MR) is 95.0 cm³/mol. The Morgan fingerprint density at radius 3 is 2.88 bits per heavy atom. The number of rotatable bonds is 2. The maximum Gasteiger partial charge on any atom is 0.228 e. The summed E-state index contributed by atoms with van der Waals surface area (Å²) in [5.41, 5.74) is 1.47. The summed E-state index contributed by atoms with van der Waals surface area (Å²) in [7, 11) is 0. The molecule has 130 valence electrons. The third-order valence-corrected chi connectivity index (χ3v) is 6.17. The molecule has 6 heteroatoms. The maximum absolute atomic E-state index is 14.0. The molecule has 1 saturated heterocycles. The van der Waals surface area contributed by atoms with Crippen LogP contribution in [0.2, 0.25) is 0 Å². The fraction of sp³-hybridized carbons (Fsp3) is 0.368. The number of halogens is 1. The van der Waals surface area contributed by atoms with E-state index in [1.54, 1.807) is 29.5 Å². The van der Waals surface area contributed by atoms with Crippen LogP contribution in [-0.2, 0) is 16.0 Å². The topological polar surface area (TPSA) is 40.6 Å². The molecule has 1 fully saturated rings. The van der Waals surface area contributed by atoms with Crippen molar-refractivity contribution in [3.63, 3.8) is 0 Å². The van der Waals surface area contributed by atoms with Crippen LogP contribution in [-0.4, -0.2) is 29.8 Å². The number of fused-ring (bicyclic) bond motifs is 1. The second kappa shape index (κ2) is 6.26. The van der Waals surface area contributed by atoms with E-state index in [1.165, 1.54) is 21.4 Å². The number of benzene rings is 1. The van der Waals surface area contributed by atoms with E-state index < -0.39 is 11.7 Å².